The number of rotatable bonds is 6. The zero-order chi connectivity index (χ0) is 15.1. The van der Waals surface area contributed by atoms with Crippen LogP contribution in [0.25, 0.3) is 0 Å². The van der Waals surface area contributed by atoms with E-state index >= 15 is 0 Å². The number of aromatic nitrogens is 1. The highest BCUT2D eigenvalue weighted by molar-refractivity contribution is 7.09. The Hall–Kier alpha value is -1.63. The molecule has 1 aromatic heterocycles. The van der Waals surface area contributed by atoms with Crippen molar-refractivity contribution >= 4 is 23.3 Å². The van der Waals surface area contributed by atoms with Gasteiger partial charge in [-0.2, -0.15) is 0 Å². The average molecular weight is 311 g/mol. The van der Waals surface area contributed by atoms with E-state index in [9.17, 15) is 9.59 Å². The van der Waals surface area contributed by atoms with Crippen molar-refractivity contribution in [2.75, 3.05) is 6.54 Å². The lowest BCUT2D eigenvalue weighted by Crippen LogP contribution is -2.36. The van der Waals surface area contributed by atoms with Crippen LogP contribution < -0.4 is 10.6 Å². The van der Waals surface area contributed by atoms with Gasteiger partial charge in [-0.15, -0.1) is 11.3 Å². The Kier molecular flexibility index (Phi) is 5.98. The Morgan fingerprint density at radius 3 is 2.71 bits per heavy atom. The van der Waals surface area contributed by atoms with Crippen molar-refractivity contribution in [3.05, 3.63) is 16.1 Å². The molecule has 1 aliphatic rings. The largest absolute Gasteiger partial charge is 0.476 e. The van der Waals surface area contributed by atoms with Gasteiger partial charge >= 0.3 is 12.0 Å². The predicted molar refractivity (Wildman–Crippen MR) is 80.5 cm³/mol. The number of thiazole rings is 1. The third-order valence-corrected chi connectivity index (χ3v) is 4.58. The molecular weight excluding hydrogens is 290 g/mol. The SMILES string of the molecule is O=C(NCCC1CCCCC1)NCc1nc(C(=O)O)cs1. The summed E-state index contributed by atoms with van der Waals surface area (Å²) in [6.07, 6.45) is 7.56. The van der Waals surface area contributed by atoms with Gasteiger partial charge in [-0.25, -0.2) is 14.6 Å². The fourth-order valence-electron chi connectivity index (χ4n) is 2.57. The summed E-state index contributed by atoms with van der Waals surface area (Å²) >= 11 is 1.23. The van der Waals surface area contributed by atoms with Gasteiger partial charge in [-0.05, 0) is 12.3 Å². The van der Waals surface area contributed by atoms with Crippen LogP contribution in [0.4, 0.5) is 4.79 Å². The van der Waals surface area contributed by atoms with Crippen molar-refractivity contribution in [1.29, 1.82) is 0 Å². The molecule has 0 unspecified atom stereocenters. The van der Waals surface area contributed by atoms with E-state index in [0.29, 0.717) is 11.6 Å². The number of aromatic carboxylic acids is 1. The van der Waals surface area contributed by atoms with Gasteiger partial charge in [-0.3, -0.25) is 0 Å². The molecule has 0 atom stereocenters. The van der Waals surface area contributed by atoms with E-state index in [2.05, 4.69) is 15.6 Å². The van der Waals surface area contributed by atoms with E-state index in [4.69, 9.17) is 5.11 Å². The normalized spacial score (nSPS) is 15.6. The molecule has 1 aromatic rings. The zero-order valence-corrected chi connectivity index (χ0v) is 12.7. The molecule has 0 aliphatic heterocycles. The van der Waals surface area contributed by atoms with Gasteiger partial charge in [-0.1, -0.05) is 32.1 Å². The van der Waals surface area contributed by atoms with Crippen LogP contribution in [0.3, 0.4) is 0 Å². The van der Waals surface area contributed by atoms with Crippen molar-refractivity contribution in [3.8, 4) is 0 Å². The number of hydrogen-bond acceptors (Lipinski definition) is 4. The lowest BCUT2D eigenvalue weighted by Gasteiger charge is -2.21. The molecule has 6 nitrogen and oxygen atoms in total. The molecule has 1 fully saturated rings. The van der Waals surface area contributed by atoms with E-state index in [1.165, 1.54) is 48.8 Å². The van der Waals surface area contributed by atoms with Crippen molar-refractivity contribution in [2.24, 2.45) is 5.92 Å². The molecule has 7 heteroatoms. The molecule has 116 valence electrons. The van der Waals surface area contributed by atoms with Crippen LogP contribution >= 0.6 is 11.3 Å². The second kappa shape index (κ2) is 7.97. The van der Waals surface area contributed by atoms with E-state index in [1.807, 2.05) is 0 Å². The van der Waals surface area contributed by atoms with Crippen LogP contribution in [-0.4, -0.2) is 28.6 Å². The number of amides is 2. The molecule has 21 heavy (non-hydrogen) atoms. The summed E-state index contributed by atoms with van der Waals surface area (Å²) in [6, 6.07) is -0.224. The van der Waals surface area contributed by atoms with Gasteiger partial charge in [0, 0.05) is 11.9 Å². The first-order valence-electron chi connectivity index (χ1n) is 7.34. The van der Waals surface area contributed by atoms with E-state index in [0.717, 1.165) is 12.3 Å². The standard InChI is InChI=1S/C14H21N3O3S/c18-13(19)11-9-21-12(17-11)8-16-14(20)15-7-6-10-4-2-1-3-5-10/h9-10H,1-8H2,(H,18,19)(H2,15,16,20). The summed E-state index contributed by atoms with van der Waals surface area (Å²) in [5.41, 5.74) is 0.0227. The molecule has 2 amide bonds. The van der Waals surface area contributed by atoms with Crippen molar-refractivity contribution in [3.63, 3.8) is 0 Å². The molecule has 2 rings (SSSR count). The minimum Gasteiger partial charge on any atom is -0.476 e. The fraction of sp³-hybridized carbons (Fsp3) is 0.643. The molecule has 1 saturated carbocycles. The predicted octanol–water partition coefficient (Wildman–Crippen LogP) is 2.61. The Labute approximate surface area is 128 Å². The van der Waals surface area contributed by atoms with Crippen molar-refractivity contribution in [1.82, 2.24) is 15.6 Å². The Balaban J connectivity index is 1.61. The number of carboxylic acid groups (broad SMARTS) is 1. The van der Waals surface area contributed by atoms with Crippen LogP contribution in [0, 0.1) is 5.92 Å². The first-order chi connectivity index (χ1) is 10.1. The number of carboxylic acids is 1. The number of nitrogens with zero attached hydrogens (tertiary/aromatic N) is 1. The van der Waals surface area contributed by atoms with Crippen molar-refractivity contribution < 1.29 is 14.7 Å². The van der Waals surface area contributed by atoms with Gasteiger partial charge in [0.2, 0.25) is 0 Å². The molecule has 0 saturated heterocycles. The quantitative estimate of drug-likeness (QED) is 0.753. The molecule has 0 aromatic carbocycles. The molecule has 3 N–H and O–H groups in total. The summed E-state index contributed by atoms with van der Waals surface area (Å²) in [4.78, 5) is 26.2. The average Bonchev–Trinajstić information content (AvgIpc) is 2.95. The summed E-state index contributed by atoms with van der Waals surface area (Å²) in [5.74, 6) is -0.300. The molecule has 0 spiro atoms. The smallest absolute Gasteiger partial charge is 0.355 e. The van der Waals surface area contributed by atoms with Crippen LogP contribution in [0.15, 0.2) is 5.38 Å². The maximum Gasteiger partial charge on any atom is 0.355 e. The maximum atomic E-state index is 11.6. The van der Waals surface area contributed by atoms with Gasteiger partial charge in [0.05, 0.1) is 6.54 Å². The summed E-state index contributed by atoms with van der Waals surface area (Å²) in [5, 5.41) is 16.4. The molecule has 0 bridgehead atoms. The molecular formula is C14H21N3O3S. The summed E-state index contributed by atoms with van der Waals surface area (Å²) < 4.78 is 0. The minimum absolute atomic E-state index is 0.0227. The second-order valence-electron chi connectivity index (χ2n) is 5.33. The first kappa shape index (κ1) is 15.8. The lowest BCUT2D eigenvalue weighted by molar-refractivity contribution is 0.0691. The second-order valence-corrected chi connectivity index (χ2v) is 6.28. The Bertz CT molecular complexity index is 484. The maximum absolute atomic E-state index is 11.6. The van der Waals surface area contributed by atoms with Gasteiger partial charge in [0.25, 0.3) is 0 Å². The van der Waals surface area contributed by atoms with Gasteiger partial charge in [0.15, 0.2) is 5.69 Å². The van der Waals surface area contributed by atoms with Crippen LogP contribution in [0.1, 0.15) is 54.0 Å². The Morgan fingerprint density at radius 1 is 1.29 bits per heavy atom. The highest BCUT2D eigenvalue weighted by atomic mass is 32.1. The van der Waals surface area contributed by atoms with E-state index in [-0.39, 0.29) is 18.3 Å². The highest BCUT2D eigenvalue weighted by Gasteiger charge is 2.13. The van der Waals surface area contributed by atoms with Gasteiger partial charge < -0.3 is 15.7 Å². The molecule has 1 heterocycles. The number of carbonyl (C=O) groups excluding carboxylic acids is 1. The van der Waals surface area contributed by atoms with Crippen molar-refractivity contribution in [2.45, 2.75) is 45.1 Å². The fourth-order valence-corrected chi connectivity index (χ4v) is 3.28. The Morgan fingerprint density at radius 2 is 2.05 bits per heavy atom. The number of carbonyl (C=O) groups is 2. The third-order valence-electron chi connectivity index (χ3n) is 3.73. The zero-order valence-electron chi connectivity index (χ0n) is 11.9. The molecule has 1 aliphatic carbocycles. The van der Waals surface area contributed by atoms with Crippen LogP contribution in [0.5, 0.6) is 0 Å². The molecule has 0 radical (unpaired) electrons. The number of urea groups is 1. The monoisotopic (exact) mass is 311 g/mol. The van der Waals surface area contributed by atoms with Crippen LogP contribution in [0.2, 0.25) is 0 Å². The minimum atomic E-state index is -1.05. The third kappa shape index (κ3) is 5.34. The topological polar surface area (TPSA) is 91.3 Å². The van der Waals surface area contributed by atoms with E-state index < -0.39 is 5.97 Å². The summed E-state index contributed by atoms with van der Waals surface area (Å²) in [6.45, 7) is 0.946. The number of nitrogens with one attached hydrogen (secondary N) is 2. The summed E-state index contributed by atoms with van der Waals surface area (Å²) in [7, 11) is 0. The highest BCUT2D eigenvalue weighted by Crippen LogP contribution is 2.25. The van der Waals surface area contributed by atoms with E-state index in [1.54, 1.807) is 0 Å². The number of hydrogen-bond donors (Lipinski definition) is 3. The van der Waals surface area contributed by atoms with Crippen LogP contribution in [-0.2, 0) is 6.54 Å². The van der Waals surface area contributed by atoms with Gasteiger partial charge in [0.1, 0.15) is 5.01 Å². The lowest BCUT2D eigenvalue weighted by atomic mass is 9.87. The first-order valence-corrected chi connectivity index (χ1v) is 8.22.